The van der Waals surface area contributed by atoms with Gasteiger partial charge in [-0.2, -0.15) is 0 Å². The lowest BCUT2D eigenvalue weighted by atomic mass is 9.84. The Bertz CT molecular complexity index is 826. The molecule has 148 valence electrons. The second-order valence-electron chi connectivity index (χ2n) is 6.99. The van der Waals surface area contributed by atoms with E-state index in [0.29, 0.717) is 0 Å². The van der Waals surface area contributed by atoms with Crippen LogP contribution in [-0.4, -0.2) is 40.9 Å². The number of hydrogen-bond acceptors (Lipinski definition) is 6. The van der Waals surface area contributed by atoms with E-state index in [0.717, 1.165) is 22.2 Å². The van der Waals surface area contributed by atoms with E-state index >= 15 is 0 Å². The summed E-state index contributed by atoms with van der Waals surface area (Å²) in [7, 11) is 0. The van der Waals surface area contributed by atoms with Crippen molar-refractivity contribution in [3.63, 3.8) is 0 Å². The molecular weight excluding hydrogens is 385 g/mol. The first-order valence-electron chi connectivity index (χ1n) is 8.98. The molecule has 2 heterocycles. The third kappa shape index (κ3) is 3.41. The molecule has 1 unspecified atom stereocenters. The molecule has 28 heavy (non-hydrogen) atoms. The standard InChI is InChI=1S/C20H20FNO5S/c1-20(22(23)24)16-15(12-25-19(27-16)13-8-4-2-5-9-13)26-18(21)17(20)28-14-10-6-3-7-11-14/h2-11,15-19H,12H2,1H3/t15-,16-,17-,18+,19?,20-/m0/s1. The predicted molar refractivity (Wildman–Crippen MR) is 101 cm³/mol. The molecule has 2 fully saturated rings. The lowest BCUT2D eigenvalue weighted by Crippen LogP contribution is -2.69. The zero-order valence-corrected chi connectivity index (χ0v) is 16.0. The van der Waals surface area contributed by atoms with Crippen LogP contribution in [0.5, 0.6) is 0 Å². The van der Waals surface area contributed by atoms with Gasteiger partial charge in [0, 0.05) is 22.3 Å². The summed E-state index contributed by atoms with van der Waals surface area (Å²) in [6.45, 7) is 1.46. The fourth-order valence-corrected chi connectivity index (χ4v) is 4.87. The molecule has 0 aromatic heterocycles. The fraction of sp³-hybridized carbons (Fsp3) is 0.400. The highest BCUT2D eigenvalue weighted by molar-refractivity contribution is 8.00. The van der Waals surface area contributed by atoms with Crippen molar-refractivity contribution in [3.8, 4) is 0 Å². The van der Waals surface area contributed by atoms with Gasteiger partial charge in [0.1, 0.15) is 11.4 Å². The Morgan fingerprint density at radius 1 is 1.11 bits per heavy atom. The van der Waals surface area contributed by atoms with Crippen molar-refractivity contribution in [2.24, 2.45) is 0 Å². The van der Waals surface area contributed by atoms with Crippen molar-refractivity contribution in [2.75, 3.05) is 6.61 Å². The molecule has 8 heteroatoms. The lowest BCUT2D eigenvalue weighted by molar-refractivity contribution is -0.598. The summed E-state index contributed by atoms with van der Waals surface area (Å²) in [4.78, 5) is 12.5. The van der Waals surface area contributed by atoms with Gasteiger partial charge >= 0.3 is 0 Å². The van der Waals surface area contributed by atoms with E-state index in [2.05, 4.69) is 0 Å². The average molecular weight is 405 g/mol. The SMILES string of the molecule is C[C@]1([N+](=O)[O-])[C@H]2OC(c3ccccc3)OC[C@@H]2O[C@@H](F)[C@@H]1Sc1ccccc1. The van der Waals surface area contributed by atoms with Crippen LogP contribution in [0.1, 0.15) is 18.8 Å². The second-order valence-corrected chi connectivity index (χ2v) is 8.21. The molecule has 0 bridgehead atoms. The number of alkyl halides is 1. The topological polar surface area (TPSA) is 70.8 Å². The molecule has 6 nitrogen and oxygen atoms in total. The highest BCUT2D eigenvalue weighted by Gasteiger charge is 2.65. The maximum atomic E-state index is 14.9. The minimum atomic E-state index is -1.82. The molecule has 0 spiro atoms. The minimum absolute atomic E-state index is 0.0246. The molecule has 2 aliphatic heterocycles. The molecule has 0 aliphatic carbocycles. The summed E-state index contributed by atoms with van der Waals surface area (Å²) < 4.78 is 32.1. The predicted octanol–water partition coefficient (Wildman–Crippen LogP) is 3.99. The zero-order valence-electron chi connectivity index (χ0n) is 15.1. The van der Waals surface area contributed by atoms with E-state index < -0.39 is 40.6 Å². The highest BCUT2D eigenvalue weighted by Crippen LogP contribution is 2.46. The van der Waals surface area contributed by atoms with Crippen LogP contribution in [0, 0.1) is 10.1 Å². The van der Waals surface area contributed by atoms with E-state index in [1.54, 1.807) is 12.1 Å². The number of ether oxygens (including phenoxy) is 3. The van der Waals surface area contributed by atoms with Gasteiger partial charge in [-0.15, -0.1) is 11.8 Å². The van der Waals surface area contributed by atoms with E-state index in [4.69, 9.17) is 14.2 Å². The third-order valence-electron chi connectivity index (χ3n) is 5.19. The largest absolute Gasteiger partial charge is 0.346 e. The summed E-state index contributed by atoms with van der Waals surface area (Å²) >= 11 is 1.10. The maximum Gasteiger partial charge on any atom is 0.265 e. The number of halogens is 1. The van der Waals surface area contributed by atoms with Crippen molar-refractivity contribution < 1.29 is 23.5 Å². The first-order chi connectivity index (χ1) is 13.5. The van der Waals surface area contributed by atoms with Gasteiger partial charge in [-0.05, 0) is 12.1 Å². The highest BCUT2D eigenvalue weighted by atomic mass is 32.2. The Morgan fingerprint density at radius 3 is 2.39 bits per heavy atom. The number of benzene rings is 2. The zero-order chi connectivity index (χ0) is 19.7. The second kappa shape index (κ2) is 7.79. The van der Waals surface area contributed by atoms with Crippen molar-refractivity contribution in [2.45, 2.75) is 47.5 Å². The van der Waals surface area contributed by atoms with Gasteiger partial charge in [0.25, 0.3) is 5.54 Å². The monoisotopic (exact) mass is 405 g/mol. The summed E-state index contributed by atoms with van der Waals surface area (Å²) in [6, 6.07) is 18.2. The number of fused-ring (bicyclic) bond motifs is 1. The van der Waals surface area contributed by atoms with Crippen molar-refractivity contribution >= 4 is 11.8 Å². The summed E-state index contributed by atoms with van der Waals surface area (Å²) in [5, 5.41) is 11.1. The Hall–Kier alpha value is -2.00. The molecule has 2 aliphatic rings. The third-order valence-corrected chi connectivity index (χ3v) is 6.68. The van der Waals surface area contributed by atoms with Crippen molar-refractivity contribution in [3.05, 3.63) is 76.3 Å². The number of rotatable bonds is 4. The molecule has 2 aromatic carbocycles. The van der Waals surface area contributed by atoms with E-state index in [-0.39, 0.29) is 6.61 Å². The van der Waals surface area contributed by atoms with Gasteiger partial charge in [-0.3, -0.25) is 10.1 Å². The molecule has 6 atom stereocenters. The molecule has 2 aromatic rings. The van der Waals surface area contributed by atoms with Crippen LogP contribution in [0.2, 0.25) is 0 Å². The van der Waals surface area contributed by atoms with Crippen LogP contribution < -0.4 is 0 Å². The van der Waals surface area contributed by atoms with E-state index in [1.165, 1.54) is 6.92 Å². The molecule has 4 rings (SSSR count). The van der Waals surface area contributed by atoms with Crippen molar-refractivity contribution in [1.82, 2.24) is 0 Å². The van der Waals surface area contributed by atoms with Crippen LogP contribution in [0.15, 0.2) is 65.6 Å². The number of hydrogen-bond donors (Lipinski definition) is 0. The molecule has 0 radical (unpaired) electrons. The van der Waals surface area contributed by atoms with Gasteiger partial charge in [0.2, 0.25) is 6.36 Å². The first kappa shape index (κ1) is 19.3. The van der Waals surface area contributed by atoms with Crippen LogP contribution in [0.4, 0.5) is 4.39 Å². The molecule has 2 saturated heterocycles. The van der Waals surface area contributed by atoms with Gasteiger partial charge < -0.3 is 14.2 Å². The number of thioether (sulfide) groups is 1. The Morgan fingerprint density at radius 2 is 1.75 bits per heavy atom. The van der Waals surface area contributed by atoms with Gasteiger partial charge in [-0.1, -0.05) is 48.5 Å². The molecular formula is C20H20FNO5S. The van der Waals surface area contributed by atoms with Gasteiger partial charge in [-0.25, -0.2) is 4.39 Å². The first-order valence-corrected chi connectivity index (χ1v) is 9.86. The summed E-state index contributed by atoms with van der Waals surface area (Å²) in [5.41, 5.74) is -0.944. The van der Waals surface area contributed by atoms with Gasteiger partial charge in [0.05, 0.1) is 6.61 Å². The van der Waals surface area contributed by atoms with Gasteiger partial charge in [0.15, 0.2) is 12.4 Å². The van der Waals surface area contributed by atoms with Crippen LogP contribution >= 0.6 is 11.8 Å². The van der Waals surface area contributed by atoms with Crippen LogP contribution in [0.3, 0.4) is 0 Å². The maximum absolute atomic E-state index is 14.9. The summed E-state index contributed by atoms with van der Waals surface area (Å²) in [6.07, 6.45) is -4.38. The van der Waals surface area contributed by atoms with E-state index in [1.807, 2.05) is 48.5 Å². The Balaban J connectivity index is 1.65. The normalized spacial score (nSPS) is 35.1. The smallest absolute Gasteiger partial charge is 0.265 e. The van der Waals surface area contributed by atoms with E-state index in [9.17, 15) is 14.5 Å². The van der Waals surface area contributed by atoms with Crippen LogP contribution in [0.25, 0.3) is 0 Å². The lowest BCUT2D eigenvalue weighted by Gasteiger charge is -2.48. The molecule has 0 amide bonds. The Kier molecular flexibility index (Phi) is 5.37. The number of nitro groups is 1. The molecule has 0 saturated carbocycles. The fourth-order valence-electron chi connectivity index (χ4n) is 3.63. The minimum Gasteiger partial charge on any atom is -0.346 e. The Labute approximate surface area is 166 Å². The van der Waals surface area contributed by atoms with Crippen molar-refractivity contribution in [1.29, 1.82) is 0 Å². The average Bonchev–Trinajstić information content (AvgIpc) is 2.72. The number of nitrogens with zero attached hydrogens (tertiary/aromatic N) is 1. The summed E-state index contributed by atoms with van der Waals surface area (Å²) in [5.74, 6) is 0. The van der Waals surface area contributed by atoms with Crippen LogP contribution in [-0.2, 0) is 14.2 Å². The molecule has 0 N–H and O–H groups in total. The quantitative estimate of drug-likeness (QED) is 0.566.